The fourth-order valence-corrected chi connectivity index (χ4v) is 2.38. The molecule has 8 heteroatoms. The van der Waals surface area contributed by atoms with E-state index >= 15 is 0 Å². The van der Waals surface area contributed by atoms with Crippen molar-refractivity contribution in [1.82, 2.24) is 4.57 Å². The lowest BCUT2D eigenvalue weighted by molar-refractivity contribution is -0.0443. The van der Waals surface area contributed by atoms with Crippen molar-refractivity contribution >= 4 is 34.4 Å². The van der Waals surface area contributed by atoms with Crippen LogP contribution in [0.15, 0.2) is 12.3 Å². The number of nitrogens with zero attached hydrogens (tertiary/aromatic N) is 1. The summed E-state index contributed by atoms with van der Waals surface area (Å²) in [6.45, 7) is -0.247. The third kappa shape index (κ3) is 2.77. The molecule has 104 valence electrons. The van der Waals surface area contributed by atoms with E-state index in [9.17, 15) is 5.11 Å². The highest BCUT2D eigenvalue weighted by Crippen LogP contribution is 2.30. The van der Waals surface area contributed by atoms with Gasteiger partial charge in [-0.15, -0.1) is 0 Å². The van der Waals surface area contributed by atoms with Crippen LogP contribution in [0.25, 0.3) is 0 Å². The van der Waals surface area contributed by atoms with E-state index in [1.165, 1.54) is 0 Å². The first-order chi connectivity index (χ1) is 8.93. The van der Waals surface area contributed by atoms with Crippen LogP contribution >= 0.6 is 24.4 Å². The first-order valence-corrected chi connectivity index (χ1v) is 6.51. The third-order valence-electron chi connectivity index (χ3n) is 3.08. The molecule has 0 spiro atoms. The zero-order valence-electron chi connectivity index (χ0n) is 10.0. The van der Waals surface area contributed by atoms with E-state index in [-0.39, 0.29) is 16.6 Å². The van der Waals surface area contributed by atoms with Crippen LogP contribution in [0.3, 0.4) is 0 Å². The minimum atomic E-state index is -0.732. The van der Waals surface area contributed by atoms with Gasteiger partial charge in [0.15, 0.2) is 0 Å². The van der Waals surface area contributed by atoms with Crippen LogP contribution in [0.2, 0.25) is 0 Å². The lowest BCUT2D eigenvalue weighted by Crippen LogP contribution is -2.24. The van der Waals surface area contributed by atoms with E-state index in [4.69, 9.17) is 45.7 Å². The van der Waals surface area contributed by atoms with Gasteiger partial charge in [-0.25, -0.2) is 0 Å². The average molecular weight is 301 g/mol. The molecule has 3 unspecified atom stereocenters. The Morgan fingerprint density at radius 1 is 1.42 bits per heavy atom. The molecule has 19 heavy (non-hydrogen) atoms. The summed E-state index contributed by atoms with van der Waals surface area (Å²) >= 11 is 9.89. The molecule has 1 fully saturated rings. The Bertz CT molecular complexity index is 517. The molecular formula is C11H15N3O3S2. The molecule has 6 nitrogen and oxygen atoms in total. The fourth-order valence-electron chi connectivity index (χ4n) is 2.10. The average Bonchev–Trinajstić information content (AvgIpc) is 2.91. The molecule has 2 heterocycles. The van der Waals surface area contributed by atoms with E-state index in [1.807, 2.05) is 0 Å². The summed E-state index contributed by atoms with van der Waals surface area (Å²) in [6, 6.07) is 1.69. The molecule has 1 aromatic heterocycles. The van der Waals surface area contributed by atoms with Crippen molar-refractivity contribution in [3.63, 3.8) is 0 Å². The highest BCUT2D eigenvalue weighted by atomic mass is 32.1. The van der Waals surface area contributed by atoms with Crippen molar-refractivity contribution < 1.29 is 14.9 Å². The summed E-state index contributed by atoms with van der Waals surface area (Å²) < 4.78 is 7.25. The van der Waals surface area contributed by atoms with E-state index in [1.54, 1.807) is 16.8 Å². The maximum Gasteiger partial charge on any atom is 0.137 e. The third-order valence-corrected chi connectivity index (χ3v) is 3.52. The van der Waals surface area contributed by atoms with Gasteiger partial charge in [-0.1, -0.05) is 24.4 Å². The van der Waals surface area contributed by atoms with Crippen molar-refractivity contribution in [2.75, 3.05) is 6.61 Å². The Morgan fingerprint density at radius 3 is 2.58 bits per heavy atom. The number of rotatable bonds is 4. The summed E-state index contributed by atoms with van der Waals surface area (Å²) in [7, 11) is 0. The van der Waals surface area contributed by atoms with Gasteiger partial charge in [0.1, 0.15) is 22.3 Å². The van der Waals surface area contributed by atoms with Gasteiger partial charge >= 0.3 is 0 Å². The van der Waals surface area contributed by atoms with Crippen LogP contribution < -0.4 is 11.5 Å². The van der Waals surface area contributed by atoms with Crippen LogP contribution in [0.5, 0.6) is 0 Å². The van der Waals surface area contributed by atoms with Gasteiger partial charge in [0, 0.05) is 18.2 Å². The Labute approximate surface area is 120 Å². The normalized spacial score (nSPS) is 26.5. The van der Waals surface area contributed by atoms with Crippen molar-refractivity contribution in [1.29, 1.82) is 0 Å². The van der Waals surface area contributed by atoms with Gasteiger partial charge in [-0.3, -0.25) is 0 Å². The number of aliphatic hydroxyl groups is 2. The molecule has 6 N–H and O–H groups in total. The van der Waals surface area contributed by atoms with Gasteiger partial charge in [-0.05, 0) is 6.07 Å². The molecule has 0 aromatic carbocycles. The van der Waals surface area contributed by atoms with Crippen LogP contribution in [0, 0.1) is 0 Å². The van der Waals surface area contributed by atoms with Crippen LogP contribution in [0.4, 0.5) is 0 Å². The molecular weight excluding hydrogens is 286 g/mol. The molecule has 0 saturated carbocycles. The Morgan fingerprint density at radius 2 is 2.11 bits per heavy atom. The van der Waals surface area contributed by atoms with Crippen LogP contribution in [0.1, 0.15) is 23.9 Å². The van der Waals surface area contributed by atoms with Gasteiger partial charge in [0.2, 0.25) is 0 Å². The number of aromatic nitrogens is 1. The highest BCUT2D eigenvalue weighted by Gasteiger charge is 2.35. The Hall–Kier alpha value is -1.06. The molecule has 3 atom stereocenters. The maximum atomic E-state index is 9.75. The molecule has 2 rings (SSSR count). The fraction of sp³-hybridized carbons (Fsp3) is 0.455. The SMILES string of the molecule is NC(=S)c1cc(C(N)=S)n(C2CC(O)C(CO)O2)c1. The molecule has 1 aliphatic heterocycles. The quantitative estimate of drug-likeness (QED) is 0.550. The predicted octanol–water partition coefficient (Wildman–Crippen LogP) is -0.603. The molecule has 0 aliphatic carbocycles. The van der Waals surface area contributed by atoms with E-state index < -0.39 is 18.4 Å². The monoisotopic (exact) mass is 301 g/mol. The molecule has 0 radical (unpaired) electrons. The van der Waals surface area contributed by atoms with E-state index in [0.717, 1.165) is 0 Å². The van der Waals surface area contributed by atoms with Crippen LogP contribution in [-0.2, 0) is 4.74 Å². The zero-order chi connectivity index (χ0) is 14.2. The molecule has 0 amide bonds. The minimum absolute atomic E-state index is 0.188. The minimum Gasteiger partial charge on any atom is -0.394 e. The standard InChI is InChI=1S/C11H15N3O3S2/c12-10(18)5-1-6(11(13)19)14(3-5)9-2-7(16)8(4-15)17-9/h1,3,7-9,15-16H,2,4H2,(H2,12,18)(H2,13,19). The van der Waals surface area contributed by atoms with Gasteiger partial charge in [-0.2, -0.15) is 0 Å². The second-order valence-electron chi connectivity index (χ2n) is 4.36. The first kappa shape index (κ1) is 14.4. The summed E-state index contributed by atoms with van der Waals surface area (Å²) in [5.74, 6) is 0. The molecule has 1 aromatic rings. The molecule has 0 bridgehead atoms. The smallest absolute Gasteiger partial charge is 0.137 e. The zero-order valence-corrected chi connectivity index (χ0v) is 11.7. The summed E-state index contributed by atoms with van der Waals surface area (Å²) in [5.41, 5.74) is 12.4. The van der Waals surface area contributed by atoms with Crippen molar-refractivity contribution in [2.45, 2.75) is 24.9 Å². The predicted molar refractivity (Wildman–Crippen MR) is 77.8 cm³/mol. The van der Waals surface area contributed by atoms with Gasteiger partial charge < -0.3 is 31.0 Å². The second-order valence-corrected chi connectivity index (χ2v) is 5.24. The Kier molecular flexibility index (Phi) is 4.16. The van der Waals surface area contributed by atoms with Gasteiger partial charge in [0.25, 0.3) is 0 Å². The van der Waals surface area contributed by atoms with E-state index in [0.29, 0.717) is 17.7 Å². The second kappa shape index (κ2) is 5.51. The van der Waals surface area contributed by atoms with Crippen LogP contribution in [-0.4, -0.2) is 43.6 Å². The number of nitrogens with two attached hydrogens (primary N) is 2. The number of thiocarbonyl (C=S) groups is 2. The summed E-state index contributed by atoms with van der Waals surface area (Å²) in [4.78, 5) is 0.418. The number of aliphatic hydroxyl groups excluding tert-OH is 2. The summed E-state index contributed by atoms with van der Waals surface area (Å²) in [5, 5.41) is 18.8. The molecule has 1 saturated heterocycles. The van der Waals surface area contributed by atoms with Crippen molar-refractivity contribution in [2.24, 2.45) is 11.5 Å². The van der Waals surface area contributed by atoms with Crippen molar-refractivity contribution in [3.05, 3.63) is 23.5 Å². The largest absolute Gasteiger partial charge is 0.394 e. The van der Waals surface area contributed by atoms with Crippen molar-refractivity contribution in [3.8, 4) is 0 Å². The van der Waals surface area contributed by atoms with E-state index in [2.05, 4.69) is 0 Å². The number of ether oxygens (including phenoxy) is 1. The first-order valence-electron chi connectivity index (χ1n) is 5.70. The lowest BCUT2D eigenvalue weighted by atomic mass is 10.2. The lowest BCUT2D eigenvalue weighted by Gasteiger charge is -2.16. The molecule has 1 aliphatic rings. The number of hydrogen-bond donors (Lipinski definition) is 4. The topological polar surface area (TPSA) is 107 Å². The highest BCUT2D eigenvalue weighted by molar-refractivity contribution is 7.81. The maximum absolute atomic E-state index is 9.75. The summed E-state index contributed by atoms with van der Waals surface area (Å²) in [6.07, 6.45) is 0.233. The Balaban J connectivity index is 2.34. The van der Waals surface area contributed by atoms with Gasteiger partial charge in [0.05, 0.1) is 18.4 Å². The number of hydrogen-bond acceptors (Lipinski definition) is 5.